The molecule has 0 aromatic heterocycles. The van der Waals surface area contributed by atoms with E-state index in [0.29, 0.717) is 11.8 Å². The fraction of sp³-hybridized carbons (Fsp3) is 0.619. The fourth-order valence-corrected chi connectivity index (χ4v) is 5.93. The topological polar surface area (TPSA) is 29.5 Å². The molecule has 124 valence electrons. The van der Waals surface area contributed by atoms with Gasteiger partial charge in [0.2, 0.25) is 0 Å². The zero-order chi connectivity index (χ0) is 16.2. The van der Waals surface area contributed by atoms with Crippen LogP contribution in [0.3, 0.4) is 0 Å². The van der Waals surface area contributed by atoms with Gasteiger partial charge in [-0.05, 0) is 91.0 Å². The number of ether oxygens (including phenoxy) is 1. The number of aryl methyl sites for hydroxylation is 1. The first-order chi connectivity index (χ1) is 11.0. The second-order valence-electron chi connectivity index (χ2n) is 8.01. The van der Waals surface area contributed by atoms with Crippen LogP contribution in [0.5, 0.6) is 5.75 Å². The minimum atomic E-state index is -0.290. The highest BCUT2D eigenvalue weighted by molar-refractivity contribution is 5.41. The highest BCUT2D eigenvalue weighted by Gasteiger charge is 2.52. The minimum Gasteiger partial charge on any atom is -0.497 e. The van der Waals surface area contributed by atoms with Crippen molar-refractivity contribution >= 4 is 0 Å². The van der Waals surface area contributed by atoms with Gasteiger partial charge in [-0.2, -0.15) is 0 Å². The van der Waals surface area contributed by atoms with Crippen LogP contribution in [0.25, 0.3) is 0 Å². The summed E-state index contributed by atoms with van der Waals surface area (Å²) in [6.07, 6.45) is 8.13. The van der Waals surface area contributed by atoms with Crippen LogP contribution >= 0.6 is 0 Å². The number of benzene rings is 1. The van der Waals surface area contributed by atoms with Crippen LogP contribution in [0.1, 0.15) is 56.6 Å². The number of aliphatic hydroxyl groups excluding tert-OH is 1. The lowest BCUT2D eigenvalue weighted by Gasteiger charge is -2.50. The number of methoxy groups -OCH3 is 1. The molecule has 1 fully saturated rings. The lowest BCUT2D eigenvalue weighted by Crippen LogP contribution is -2.42. The van der Waals surface area contributed by atoms with Crippen molar-refractivity contribution in [3.8, 4) is 5.75 Å². The Morgan fingerprint density at radius 3 is 2.87 bits per heavy atom. The maximum absolute atomic E-state index is 10.2. The quantitative estimate of drug-likeness (QED) is 0.817. The number of hydrogen-bond donors (Lipinski definition) is 1. The van der Waals surface area contributed by atoms with Gasteiger partial charge in [0.25, 0.3) is 0 Å². The van der Waals surface area contributed by atoms with Crippen LogP contribution in [0.4, 0.5) is 0 Å². The molecule has 0 saturated heterocycles. The summed E-state index contributed by atoms with van der Waals surface area (Å²) in [5, 5.41) is 10.2. The molecule has 0 radical (unpaired) electrons. The average Bonchev–Trinajstić information content (AvgIpc) is 2.91. The normalized spacial score (nSPS) is 36.5. The Morgan fingerprint density at radius 2 is 2.13 bits per heavy atom. The standard InChI is InChI=1S/C21H28O2/c1-13(22)19-8-9-20-18-6-4-14-12-15(23-3)5-7-16(14)17(18)10-11-21(19,20)2/h5,7-8,12-13,17-18,20,22H,4,6,9-11H2,1-3H3/t13-,17-,18-,20+,21-/m1/s1. The van der Waals surface area contributed by atoms with E-state index < -0.39 is 0 Å². The zero-order valence-electron chi connectivity index (χ0n) is 14.5. The predicted molar refractivity (Wildman–Crippen MR) is 92.8 cm³/mol. The van der Waals surface area contributed by atoms with Gasteiger partial charge in [-0.1, -0.05) is 19.1 Å². The summed E-state index contributed by atoms with van der Waals surface area (Å²) < 4.78 is 5.41. The van der Waals surface area contributed by atoms with E-state index >= 15 is 0 Å². The minimum absolute atomic E-state index is 0.222. The summed E-state index contributed by atoms with van der Waals surface area (Å²) in [6, 6.07) is 6.68. The number of allylic oxidation sites excluding steroid dienone is 1. The van der Waals surface area contributed by atoms with Crippen LogP contribution in [-0.4, -0.2) is 18.3 Å². The molecular formula is C21H28O2. The van der Waals surface area contributed by atoms with Crippen molar-refractivity contribution in [2.24, 2.45) is 17.3 Å². The van der Waals surface area contributed by atoms with Crippen molar-refractivity contribution in [1.82, 2.24) is 0 Å². The molecule has 0 unspecified atom stereocenters. The smallest absolute Gasteiger partial charge is 0.119 e. The van der Waals surface area contributed by atoms with E-state index in [1.165, 1.54) is 36.8 Å². The predicted octanol–water partition coefficient (Wildman–Crippen LogP) is 4.47. The summed E-state index contributed by atoms with van der Waals surface area (Å²) in [4.78, 5) is 0. The zero-order valence-corrected chi connectivity index (χ0v) is 14.5. The molecular weight excluding hydrogens is 284 g/mol. The molecule has 0 amide bonds. The molecule has 3 aliphatic carbocycles. The van der Waals surface area contributed by atoms with E-state index in [1.807, 2.05) is 6.92 Å². The second-order valence-corrected chi connectivity index (χ2v) is 8.01. The van der Waals surface area contributed by atoms with Crippen LogP contribution in [0.2, 0.25) is 0 Å². The first-order valence-electron chi connectivity index (χ1n) is 9.10. The Labute approximate surface area is 139 Å². The highest BCUT2D eigenvalue weighted by Crippen LogP contribution is 2.61. The van der Waals surface area contributed by atoms with Crippen molar-refractivity contribution in [3.05, 3.63) is 41.0 Å². The van der Waals surface area contributed by atoms with Crippen LogP contribution in [0.15, 0.2) is 29.8 Å². The first-order valence-corrected chi connectivity index (χ1v) is 9.10. The third-order valence-electron chi connectivity index (χ3n) is 7.02. The summed E-state index contributed by atoms with van der Waals surface area (Å²) >= 11 is 0. The molecule has 2 nitrogen and oxygen atoms in total. The van der Waals surface area contributed by atoms with Crippen LogP contribution < -0.4 is 4.74 Å². The van der Waals surface area contributed by atoms with Gasteiger partial charge in [-0.3, -0.25) is 0 Å². The summed E-state index contributed by atoms with van der Waals surface area (Å²) in [5.74, 6) is 3.16. The summed E-state index contributed by atoms with van der Waals surface area (Å²) in [7, 11) is 1.75. The van der Waals surface area contributed by atoms with Crippen molar-refractivity contribution in [1.29, 1.82) is 0 Å². The maximum atomic E-state index is 10.2. The van der Waals surface area contributed by atoms with Crippen molar-refractivity contribution in [2.45, 2.75) is 58.0 Å². The van der Waals surface area contributed by atoms with E-state index in [9.17, 15) is 5.11 Å². The van der Waals surface area contributed by atoms with E-state index in [1.54, 1.807) is 12.7 Å². The molecule has 2 heteroatoms. The van der Waals surface area contributed by atoms with Gasteiger partial charge in [0.15, 0.2) is 0 Å². The first kappa shape index (κ1) is 15.3. The SMILES string of the molecule is COc1ccc2c(c1)CC[C@@H]1[C@@H]2CC[C@]2(C)C([C@@H](C)O)=CC[C@@H]12. The van der Waals surface area contributed by atoms with Gasteiger partial charge in [0, 0.05) is 0 Å². The van der Waals surface area contributed by atoms with Crippen molar-refractivity contribution < 1.29 is 9.84 Å². The summed E-state index contributed by atoms with van der Waals surface area (Å²) in [5.41, 5.74) is 4.59. The number of fused-ring (bicyclic) bond motifs is 5. The van der Waals surface area contributed by atoms with Crippen LogP contribution in [-0.2, 0) is 6.42 Å². The Morgan fingerprint density at radius 1 is 1.30 bits per heavy atom. The van der Waals surface area contributed by atoms with E-state index in [0.717, 1.165) is 18.1 Å². The van der Waals surface area contributed by atoms with E-state index in [4.69, 9.17) is 4.74 Å². The molecule has 0 bridgehead atoms. The fourth-order valence-electron chi connectivity index (χ4n) is 5.93. The second kappa shape index (κ2) is 5.37. The third-order valence-corrected chi connectivity index (χ3v) is 7.02. The number of hydrogen-bond acceptors (Lipinski definition) is 2. The maximum Gasteiger partial charge on any atom is 0.119 e. The molecule has 1 aromatic carbocycles. The van der Waals surface area contributed by atoms with Gasteiger partial charge >= 0.3 is 0 Å². The number of rotatable bonds is 2. The van der Waals surface area contributed by atoms with Gasteiger partial charge in [0.05, 0.1) is 13.2 Å². The molecule has 23 heavy (non-hydrogen) atoms. The van der Waals surface area contributed by atoms with Gasteiger partial charge in [-0.15, -0.1) is 0 Å². The van der Waals surface area contributed by atoms with E-state index in [-0.39, 0.29) is 11.5 Å². The Bertz CT molecular complexity index is 645. The molecule has 1 saturated carbocycles. The molecule has 3 aliphatic rings. The van der Waals surface area contributed by atoms with Crippen molar-refractivity contribution in [2.75, 3.05) is 7.11 Å². The monoisotopic (exact) mass is 312 g/mol. The average molecular weight is 312 g/mol. The van der Waals surface area contributed by atoms with E-state index in [2.05, 4.69) is 31.2 Å². The molecule has 1 aromatic rings. The van der Waals surface area contributed by atoms with Gasteiger partial charge < -0.3 is 9.84 Å². The number of aliphatic hydroxyl groups is 1. The lowest BCUT2D eigenvalue weighted by atomic mass is 9.54. The lowest BCUT2D eigenvalue weighted by molar-refractivity contribution is 0.0581. The summed E-state index contributed by atoms with van der Waals surface area (Å²) in [6.45, 7) is 4.34. The largest absolute Gasteiger partial charge is 0.497 e. The van der Waals surface area contributed by atoms with Gasteiger partial charge in [0.1, 0.15) is 5.75 Å². The van der Waals surface area contributed by atoms with Crippen molar-refractivity contribution in [3.63, 3.8) is 0 Å². The van der Waals surface area contributed by atoms with Gasteiger partial charge in [-0.25, -0.2) is 0 Å². The Kier molecular flexibility index (Phi) is 3.57. The molecule has 0 spiro atoms. The molecule has 0 heterocycles. The highest BCUT2D eigenvalue weighted by atomic mass is 16.5. The molecule has 4 rings (SSSR count). The molecule has 0 aliphatic heterocycles. The molecule has 5 atom stereocenters. The third kappa shape index (κ3) is 2.18. The van der Waals surface area contributed by atoms with Crippen LogP contribution in [0, 0.1) is 17.3 Å². The molecule has 1 N–H and O–H groups in total. The Hall–Kier alpha value is -1.28. The Balaban J connectivity index is 1.66.